The van der Waals surface area contributed by atoms with Gasteiger partial charge in [0.05, 0.1) is 12.2 Å². The Labute approximate surface area is 150 Å². The summed E-state index contributed by atoms with van der Waals surface area (Å²) in [6.45, 7) is 0.587. The Balaban J connectivity index is 1.98. The predicted molar refractivity (Wildman–Crippen MR) is 96.3 cm³/mol. The molecular formula is C19H16ClFN4. The minimum absolute atomic E-state index is 0.257. The number of hydrogen-bond acceptors (Lipinski definition) is 3. The molecule has 0 amide bonds. The highest BCUT2D eigenvalue weighted by Crippen LogP contribution is 2.35. The van der Waals surface area contributed by atoms with Gasteiger partial charge >= 0.3 is 0 Å². The number of aromatic nitrogens is 3. The SMILES string of the molecule is CNCc1nnc2n1-c1ccc(Cl)cc1C(c1ccccc1F)=CC2. The quantitative estimate of drug-likeness (QED) is 0.778. The molecule has 4 nitrogen and oxygen atoms in total. The Morgan fingerprint density at radius 1 is 1.16 bits per heavy atom. The number of allylic oxidation sites excluding steroid dienone is 1. The Kier molecular flexibility index (Phi) is 4.11. The molecule has 1 aliphatic rings. The van der Waals surface area contributed by atoms with E-state index >= 15 is 0 Å². The maximum Gasteiger partial charge on any atom is 0.151 e. The lowest BCUT2D eigenvalue weighted by molar-refractivity contribution is 0.624. The summed E-state index contributed by atoms with van der Waals surface area (Å²) in [6.07, 6.45) is 2.55. The number of fused-ring (bicyclic) bond motifs is 3. The minimum Gasteiger partial charge on any atom is -0.313 e. The lowest BCUT2D eigenvalue weighted by Crippen LogP contribution is -2.13. The van der Waals surface area contributed by atoms with Crippen LogP contribution in [-0.4, -0.2) is 21.8 Å². The number of halogens is 2. The summed E-state index contributed by atoms with van der Waals surface area (Å²) in [6, 6.07) is 12.4. The van der Waals surface area contributed by atoms with Crippen molar-refractivity contribution in [3.8, 4) is 5.69 Å². The molecule has 0 fully saturated rings. The lowest BCUT2D eigenvalue weighted by atomic mass is 9.95. The zero-order chi connectivity index (χ0) is 17.4. The van der Waals surface area contributed by atoms with Crippen LogP contribution in [0.4, 0.5) is 4.39 Å². The zero-order valence-electron chi connectivity index (χ0n) is 13.6. The van der Waals surface area contributed by atoms with E-state index < -0.39 is 0 Å². The topological polar surface area (TPSA) is 42.7 Å². The van der Waals surface area contributed by atoms with Gasteiger partial charge in [-0.15, -0.1) is 10.2 Å². The van der Waals surface area contributed by atoms with Crippen molar-refractivity contribution in [1.29, 1.82) is 0 Å². The van der Waals surface area contributed by atoms with E-state index in [1.54, 1.807) is 12.1 Å². The molecule has 4 rings (SSSR count). The van der Waals surface area contributed by atoms with Gasteiger partial charge in [0, 0.05) is 22.6 Å². The number of benzene rings is 2. The molecule has 2 aromatic carbocycles. The van der Waals surface area contributed by atoms with Crippen LogP contribution in [-0.2, 0) is 13.0 Å². The summed E-state index contributed by atoms with van der Waals surface area (Å²) in [5, 5.41) is 12.3. The molecule has 1 aliphatic heterocycles. The molecule has 0 saturated carbocycles. The fourth-order valence-electron chi connectivity index (χ4n) is 3.19. The molecule has 25 heavy (non-hydrogen) atoms. The largest absolute Gasteiger partial charge is 0.313 e. The second-order valence-corrected chi connectivity index (χ2v) is 6.30. The standard InChI is InChI=1S/C19H16ClFN4/c1-22-11-19-24-23-18-9-7-13(14-4-2-3-5-16(14)21)15-10-12(20)6-8-17(15)25(18)19/h2-8,10,22H,9,11H2,1H3. The smallest absolute Gasteiger partial charge is 0.151 e. The van der Waals surface area contributed by atoms with Gasteiger partial charge in [0.25, 0.3) is 0 Å². The highest BCUT2D eigenvalue weighted by Gasteiger charge is 2.22. The van der Waals surface area contributed by atoms with Crippen molar-refractivity contribution < 1.29 is 4.39 Å². The van der Waals surface area contributed by atoms with E-state index in [0.29, 0.717) is 23.6 Å². The van der Waals surface area contributed by atoms with Gasteiger partial charge in [-0.25, -0.2) is 4.39 Å². The number of hydrogen-bond donors (Lipinski definition) is 1. The Morgan fingerprint density at radius 2 is 2.00 bits per heavy atom. The molecule has 1 aromatic heterocycles. The van der Waals surface area contributed by atoms with E-state index in [1.165, 1.54) is 6.07 Å². The molecule has 6 heteroatoms. The molecule has 0 atom stereocenters. The Hall–Kier alpha value is -2.50. The normalized spacial score (nSPS) is 13.0. The summed E-state index contributed by atoms with van der Waals surface area (Å²) < 4.78 is 16.5. The van der Waals surface area contributed by atoms with Crippen LogP contribution in [0.5, 0.6) is 0 Å². The van der Waals surface area contributed by atoms with Crippen LogP contribution >= 0.6 is 11.6 Å². The first-order chi connectivity index (χ1) is 12.2. The van der Waals surface area contributed by atoms with Crippen molar-refractivity contribution in [2.45, 2.75) is 13.0 Å². The van der Waals surface area contributed by atoms with Gasteiger partial charge in [0.15, 0.2) is 5.82 Å². The van der Waals surface area contributed by atoms with Crippen LogP contribution in [0.3, 0.4) is 0 Å². The molecule has 0 radical (unpaired) electrons. The fraction of sp³-hybridized carbons (Fsp3) is 0.158. The number of nitrogens with one attached hydrogen (secondary N) is 1. The lowest BCUT2D eigenvalue weighted by Gasteiger charge is -2.15. The first kappa shape index (κ1) is 16.0. The molecule has 0 spiro atoms. The fourth-order valence-corrected chi connectivity index (χ4v) is 3.37. The van der Waals surface area contributed by atoms with Gasteiger partial charge < -0.3 is 5.32 Å². The third-order valence-corrected chi connectivity index (χ3v) is 4.51. The second-order valence-electron chi connectivity index (χ2n) is 5.86. The number of rotatable bonds is 3. The average molecular weight is 355 g/mol. The summed E-state index contributed by atoms with van der Waals surface area (Å²) in [7, 11) is 1.87. The van der Waals surface area contributed by atoms with Crippen LogP contribution < -0.4 is 5.32 Å². The van der Waals surface area contributed by atoms with Crippen LogP contribution in [0.25, 0.3) is 11.3 Å². The monoisotopic (exact) mass is 354 g/mol. The summed E-state index contributed by atoms with van der Waals surface area (Å²) >= 11 is 6.25. The molecule has 1 N–H and O–H groups in total. The van der Waals surface area contributed by atoms with Crippen LogP contribution in [0.15, 0.2) is 48.5 Å². The first-order valence-electron chi connectivity index (χ1n) is 8.02. The van der Waals surface area contributed by atoms with Gasteiger partial charge in [-0.3, -0.25) is 4.57 Å². The van der Waals surface area contributed by atoms with Gasteiger partial charge in [-0.2, -0.15) is 0 Å². The summed E-state index contributed by atoms with van der Waals surface area (Å²) in [5.41, 5.74) is 3.14. The predicted octanol–water partition coefficient (Wildman–Crippen LogP) is 3.77. The van der Waals surface area contributed by atoms with Crippen LogP contribution in [0, 0.1) is 5.82 Å². The zero-order valence-corrected chi connectivity index (χ0v) is 14.4. The second kappa shape index (κ2) is 6.43. The molecule has 0 bridgehead atoms. The van der Waals surface area contributed by atoms with E-state index in [0.717, 1.165) is 28.5 Å². The molecule has 2 heterocycles. The van der Waals surface area contributed by atoms with Crippen LogP contribution in [0.2, 0.25) is 5.02 Å². The van der Waals surface area contributed by atoms with Crippen molar-refractivity contribution in [2.24, 2.45) is 0 Å². The molecule has 0 unspecified atom stereocenters. The van der Waals surface area contributed by atoms with Gasteiger partial charge in [0.1, 0.15) is 11.6 Å². The highest BCUT2D eigenvalue weighted by atomic mass is 35.5. The molecule has 3 aromatic rings. The highest BCUT2D eigenvalue weighted by molar-refractivity contribution is 6.30. The molecule has 0 aliphatic carbocycles. The average Bonchev–Trinajstić information content (AvgIpc) is 2.92. The van der Waals surface area contributed by atoms with Crippen LogP contribution in [0.1, 0.15) is 22.8 Å². The third kappa shape index (κ3) is 2.75. The summed E-state index contributed by atoms with van der Waals surface area (Å²) in [4.78, 5) is 0. The van der Waals surface area contributed by atoms with E-state index in [9.17, 15) is 4.39 Å². The van der Waals surface area contributed by atoms with Gasteiger partial charge in [-0.05, 0) is 36.9 Å². The number of nitrogens with zero attached hydrogens (tertiary/aromatic N) is 3. The maximum atomic E-state index is 14.4. The summed E-state index contributed by atoms with van der Waals surface area (Å²) in [5.74, 6) is 1.37. The van der Waals surface area contributed by atoms with Crippen molar-refractivity contribution in [1.82, 2.24) is 20.1 Å². The first-order valence-corrected chi connectivity index (χ1v) is 8.40. The van der Waals surface area contributed by atoms with E-state index in [2.05, 4.69) is 15.5 Å². The third-order valence-electron chi connectivity index (χ3n) is 4.27. The van der Waals surface area contributed by atoms with E-state index in [-0.39, 0.29) is 5.82 Å². The van der Waals surface area contributed by atoms with Crippen molar-refractivity contribution in [3.05, 3.63) is 82.2 Å². The molecular weight excluding hydrogens is 339 g/mol. The van der Waals surface area contributed by atoms with Gasteiger partial charge in [0.2, 0.25) is 0 Å². The Morgan fingerprint density at radius 3 is 2.80 bits per heavy atom. The van der Waals surface area contributed by atoms with Crippen molar-refractivity contribution in [3.63, 3.8) is 0 Å². The molecule has 126 valence electrons. The minimum atomic E-state index is -0.257. The Bertz CT molecular complexity index is 977. The van der Waals surface area contributed by atoms with E-state index in [1.807, 2.05) is 42.0 Å². The van der Waals surface area contributed by atoms with Gasteiger partial charge in [-0.1, -0.05) is 35.9 Å². The maximum absolute atomic E-state index is 14.4. The van der Waals surface area contributed by atoms with Crippen molar-refractivity contribution >= 4 is 17.2 Å². The van der Waals surface area contributed by atoms with Crippen molar-refractivity contribution in [2.75, 3.05) is 7.05 Å². The molecule has 0 saturated heterocycles. The van der Waals surface area contributed by atoms with E-state index in [4.69, 9.17) is 11.6 Å².